The largest absolute Gasteiger partial charge is 0.394 e. The van der Waals surface area contributed by atoms with Crippen molar-refractivity contribution in [1.29, 1.82) is 0 Å². The van der Waals surface area contributed by atoms with Crippen LogP contribution in [0.25, 0.3) is 0 Å². The fourth-order valence-electron chi connectivity index (χ4n) is 4.36. The molecule has 2 fully saturated rings. The van der Waals surface area contributed by atoms with Crippen LogP contribution < -0.4 is 0 Å². The first kappa shape index (κ1) is 12.4. The fourth-order valence-corrected chi connectivity index (χ4v) is 4.36. The molecule has 0 radical (unpaired) electrons. The van der Waals surface area contributed by atoms with Gasteiger partial charge in [-0.15, -0.1) is 0 Å². The third kappa shape index (κ3) is 1.31. The van der Waals surface area contributed by atoms with Gasteiger partial charge >= 0.3 is 0 Å². The average Bonchev–Trinajstić information content (AvgIpc) is 3.04. The zero-order valence-electron chi connectivity index (χ0n) is 11.9. The number of aliphatic hydroxyl groups is 1. The van der Waals surface area contributed by atoms with Gasteiger partial charge in [-0.2, -0.15) is 0 Å². The summed E-state index contributed by atoms with van der Waals surface area (Å²) in [4.78, 5) is 12.5. The van der Waals surface area contributed by atoms with E-state index in [0.29, 0.717) is 5.92 Å². The molecule has 106 valence electrons. The van der Waals surface area contributed by atoms with Crippen molar-refractivity contribution in [3.8, 4) is 0 Å². The van der Waals surface area contributed by atoms with Crippen molar-refractivity contribution in [3.05, 3.63) is 35.4 Å². The maximum absolute atomic E-state index is 12.5. The molecule has 1 aliphatic carbocycles. The van der Waals surface area contributed by atoms with Crippen molar-refractivity contribution >= 4 is 5.91 Å². The number of amides is 1. The van der Waals surface area contributed by atoms with Crippen molar-refractivity contribution in [3.63, 3.8) is 0 Å². The molecule has 0 bridgehead atoms. The Morgan fingerprint density at radius 2 is 2.05 bits per heavy atom. The van der Waals surface area contributed by atoms with Crippen molar-refractivity contribution in [2.24, 2.45) is 11.8 Å². The molecule has 0 aromatic heterocycles. The number of rotatable bonds is 1. The SMILES string of the molecule is CC1C(=O)N2C(CO)C3Cc4ccccc4C3N2C1C. The summed E-state index contributed by atoms with van der Waals surface area (Å²) in [6, 6.07) is 8.91. The molecule has 1 amide bonds. The highest BCUT2D eigenvalue weighted by atomic mass is 16.3. The van der Waals surface area contributed by atoms with Gasteiger partial charge in [0.25, 0.3) is 0 Å². The fraction of sp³-hybridized carbons (Fsp3) is 0.562. The topological polar surface area (TPSA) is 43.8 Å². The second-order valence-electron chi connectivity index (χ2n) is 6.35. The Morgan fingerprint density at radius 1 is 1.30 bits per heavy atom. The number of hydrazine groups is 1. The van der Waals surface area contributed by atoms with Crippen LogP contribution in [0.2, 0.25) is 0 Å². The van der Waals surface area contributed by atoms with E-state index in [1.807, 2.05) is 11.9 Å². The number of aliphatic hydroxyl groups excluding tert-OH is 1. The lowest BCUT2D eigenvalue weighted by molar-refractivity contribution is -0.142. The molecule has 4 rings (SSSR count). The first-order valence-electron chi connectivity index (χ1n) is 7.45. The van der Waals surface area contributed by atoms with Gasteiger partial charge in [-0.25, -0.2) is 5.01 Å². The molecule has 1 aromatic carbocycles. The number of hydrogen-bond donors (Lipinski definition) is 1. The quantitative estimate of drug-likeness (QED) is 0.839. The van der Waals surface area contributed by atoms with Gasteiger partial charge in [0.05, 0.1) is 24.6 Å². The predicted molar refractivity (Wildman–Crippen MR) is 74.6 cm³/mol. The average molecular weight is 272 g/mol. The Labute approximate surface area is 119 Å². The van der Waals surface area contributed by atoms with Gasteiger partial charge in [-0.05, 0) is 24.5 Å². The maximum atomic E-state index is 12.5. The lowest BCUT2D eigenvalue weighted by atomic mass is 9.92. The highest BCUT2D eigenvalue weighted by Crippen LogP contribution is 2.53. The summed E-state index contributed by atoms with van der Waals surface area (Å²) in [6.07, 6.45) is 0.966. The van der Waals surface area contributed by atoms with Crippen LogP contribution >= 0.6 is 0 Å². The zero-order valence-corrected chi connectivity index (χ0v) is 11.9. The highest BCUT2D eigenvalue weighted by molar-refractivity contribution is 5.82. The summed E-state index contributed by atoms with van der Waals surface area (Å²) in [5.41, 5.74) is 2.71. The van der Waals surface area contributed by atoms with Crippen molar-refractivity contribution in [2.75, 3.05) is 6.61 Å². The van der Waals surface area contributed by atoms with Gasteiger partial charge in [-0.1, -0.05) is 31.2 Å². The maximum Gasteiger partial charge on any atom is 0.241 e. The summed E-state index contributed by atoms with van der Waals surface area (Å²) in [7, 11) is 0. The third-order valence-electron chi connectivity index (χ3n) is 5.52. The van der Waals surface area contributed by atoms with Gasteiger partial charge in [0.1, 0.15) is 0 Å². The predicted octanol–water partition coefficient (Wildman–Crippen LogP) is 1.36. The number of hydrogen-bond acceptors (Lipinski definition) is 3. The van der Waals surface area contributed by atoms with E-state index < -0.39 is 0 Å². The van der Waals surface area contributed by atoms with Crippen LogP contribution in [0.3, 0.4) is 0 Å². The standard InChI is InChI=1S/C16H20N2O2/c1-9-10(2)17-15-12-6-4-3-5-11(12)7-13(15)14(8-19)18(17)16(9)20/h3-6,9-10,13-15,19H,7-8H2,1-2H3. The molecule has 1 N–H and O–H groups in total. The van der Waals surface area contributed by atoms with Crippen LogP contribution in [0.15, 0.2) is 24.3 Å². The molecule has 5 atom stereocenters. The zero-order chi connectivity index (χ0) is 14.0. The van der Waals surface area contributed by atoms with Crippen molar-refractivity contribution in [2.45, 2.75) is 38.4 Å². The first-order valence-corrected chi connectivity index (χ1v) is 7.45. The van der Waals surface area contributed by atoms with Crippen LogP contribution in [0.1, 0.15) is 31.0 Å². The molecule has 4 heteroatoms. The van der Waals surface area contributed by atoms with Crippen LogP contribution in [-0.4, -0.2) is 39.7 Å². The number of carbonyl (C=O) groups excluding carboxylic acids is 1. The van der Waals surface area contributed by atoms with E-state index in [9.17, 15) is 9.90 Å². The summed E-state index contributed by atoms with van der Waals surface area (Å²) < 4.78 is 0. The normalized spacial score (nSPS) is 39.0. The lowest BCUT2D eigenvalue weighted by Crippen LogP contribution is -2.43. The summed E-state index contributed by atoms with van der Waals surface area (Å²) in [6.45, 7) is 4.17. The highest BCUT2D eigenvalue weighted by Gasteiger charge is 2.59. The smallest absolute Gasteiger partial charge is 0.241 e. The Hall–Kier alpha value is -1.39. The second-order valence-corrected chi connectivity index (χ2v) is 6.35. The number of fused-ring (bicyclic) bond motifs is 5. The summed E-state index contributed by atoms with van der Waals surface area (Å²) >= 11 is 0. The van der Waals surface area contributed by atoms with Crippen LogP contribution in [0.5, 0.6) is 0 Å². The van der Waals surface area contributed by atoms with Gasteiger partial charge < -0.3 is 5.11 Å². The van der Waals surface area contributed by atoms with E-state index in [1.54, 1.807) is 0 Å². The lowest BCUT2D eigenvalue weighted by Gasteiger charge is -2.30. The van der Waals surface area contributed by atoms with Gasteiger partial charge in [0.2, 0.25) is 5.91 Å². The van der Waals surface area contributed by atoms with E-state index >= 15 is 0 Å². The Bertz CT molecular complexity index is 573. The van der Waals surface area contributed by atoms with E-state index in [-0.39, 0.29) is 36.6 Å². The minimum Gasteiger partial charge on any atom is -0.394 e. The molecule has 2 aliphatic heterocycles. The summed E-state index contributed by atoms with van der Waals surface area (Å²) in [5.74, 6) is 0.512. The van der Waals surface area contributed by atoms with Crippen molar-refractivity contribution < 1.29 is 9.90 Å². The second kappa shape index (κ2) is 4.06. The molecule has 0 spiro atoms. The molecule has 1 aromatic rings. The summed E-state index contributed by atoms with van der Waals surface area (Å²) in [5, 5.41) is 13.9. The molecule has 2 saturated heterocycles. The third-order valence-corrected chi connectivity index (χ3v) is 5.52. The first-order chi connectivity index (χ1) is 9.65. The number of nitrogens with zero attached hydrogens (tertiary/aromatic N) is 2. The molecule has 3 aliphatic rings. The van der Waals surface area contributed by atoms with Crippen LogP contribution in [0, 0.1) is 11.8 Å². The number of carbonyl (C=O) groups is 1. The molecule has 4 nitrogen and oxygen atoms in total. The van der Waals surface area contributed by atoms with E-state index in [1.165, 1.54) is 11.1 Å². The van der Waals surface area contributed by atoms with E-state index in [2.05, 4.69) is 36.2 Å². The minimum absolute atomic E-state index is 0.0118. The Morgan fingerprint density at radius 3 is 2.80 bits per heavy atom. The Kier molecular flexibility index (Phi) is 2.51. The van der Waals surface area contributed by atoms with Gasteiger partial charge in [0.15, 0.2) is 0 Å². The molecule has 2 heterocycles. The van der Waals surface area contributed by atoms with E-state index in [4.69, 9.17) is 0 Å². The van der Waals surface area contributed by atoms with E-state index in [0.717, 1.165) is 6.42 Å². The van der Waals surface area contributed by atoms with Crippen LogP contribution in [0.4, 0.5) is 0 Å². The van der Waals surface area contributed by atoms with Crippen LogP contribution in [-0.2, 0) is 11.2 Å². The monoisotopic (exact) mass is 272 g/mol. The molecular formula is C16H20N2O2. The number of benzene rings is 1. The molecular weight excluding hydrogens is 252 g/mol. The molecule has 20 heavy (non-hydrogen) atoms. The molecule has 5 unspecified atom stereocenters. The Balaban J connectivity index is 1.83. The molecule has 0 saturated carbocycles. The minimum atomic E-state index is -0.0627. The van der Waals surface area contributed by atoms with Gasteiger partial charge in [-0.3, -0.25) is 9.80 Å². The van der Waals surface area contributed by atoms with Gasteiger partial charge in [0, 0.05) is 12.0 Å². The van der Waals surface area contributed by atoms with Crippen molar-refractivity contribution in [1.82, 2.24) is 10.0 Å².